The van der Waals surface area contributed by atoms with Crippen molar-refractivity contribution in [3.8, 4) is 0 Å². The quantitative estimate of drug-likeness (QED) is 0.649. The van der Waals surface area contributed by atoms with Crippen LogP contribution in [0.3, 0.4) is 0 Å². The van der Waals surface area contributed by atoms with Gasteiger partial charge < -0.3 is 4.74 Å². The maximum atomic E-state index is 11.1. The molecule has 70 valence electrons. The average molecular weight is 170 g/mol. The molecule has 1 saturated carbocycles. The molecule has 1 aliphatic rings. The summed E-state index contributed by atoms with van der Waals surface area (Å²) in [6.07, 6.45) is 4.05. The van der Waals surface area contributed by atoms with Crippen LogP contribution in [-0.4, -0.2) is 18.5 Å². The maximum absolute atomic E-state index is 11.1. The van der Waals surface area contributed by atoms with E-state index < -0.39 is 0 Å². The predicted octanol–water partition coefficient (Wildman–Crippen LogP) is 2.17. The molecule has 0 amide bonds. The molecule has 0 aromatic carbocycles. The number of hydrogen-bond donors (Lipinski definition) is 0. The largest absolute Gasteiger partial charge is 0.378 e. The molecule has 2 heteroatoms. The minimum absolute atomic E-state index is 0.294. The summed E-state index contributed by atoms with van der Waals surface area (Å²) in [5, 5.41) is 0. The lowest BCUT2D eigenvalue weighted by Crippen LogP contribution is -2.21. The molecule has 0 saturated heterocycles. The summed E-state index contributed by atoms with van der Waals surface area (Å²) in [7, 11) is 0. The molecule has 1 atom stereocenters. The molecule has 1 unspecified atom stereocenters. The van der Waals surface area contributed by atoms with Gasteiger partial charge in [0.15, 0.2) is 0 Å². The Morgan fingerprint density at radius 2 is 2.33 bits per heavy atom. The lowest BCUT2D eigenvalue weighted by Gasteiger charge is -2.21. The third-order valence-electron chi connectivity index (χ3n) is 2.25. The van der Waals surface area contributed by atoms with Gasteiger partial charge in [0.2, 0.25) is 0 Å². The van der Waals surface area contributed by atoms with Crippen LogP contribution in [0.15, 0.2) is 0 Å². The molecule has 2 nitrogen and oxygen atoms in total. The highest BCUT2D eigenvalue weighted by Gasteiger charge is 2.19. The second-order valence-corrected chi connectivity index (χ2v) is 3.88. The van der Waals surface area contributed by atoms with Crippen LogP contribution < -0.4 is 0 Å². The van der Waals surface area contributed by atoms with Crippen molar-refractivity contribution in [2.75, 3.05) is 6.61 Å². The molecule has 0 bridgehead atoms. The number of carbonyl (C=O) groups excluding carboxylic acids is 1. The van der Waals surface area contributed by atoms with Crippen molar-refractivity contribution in [3.05, 3.63) is 0 Å². The van der Waals surface area contributed by atoms with Gasteiger partial charge in [-0.15, -0.1) is 0 Å². The monoisotopic (exact) mass is 170 g/mol. The van der Waals surface area contributed by atoms with E-state index >= 15 is 0 Å². The fourth-order valence-electron chi connectivity index (χ4n) is 1.58. The highest BCUT2D eigenvalue weighted by atomic mass is 16.5. The van der Waals surface area contributed by atoms with E-state index in [-0.39, 0.29) is 0 Å². The smallest absolute Gasteiger partial charge is 0.133 e. The topological polar surface area (TPSA) is 26.3 Å². The first-order chi connectivity index (χ1) is 5.68. The van der Waals surface area contributed by atoms with Crippen LogP contribution in [0.1, 0.15) is 39.5 Å². The zero-order valence-corrected chi connectivity index (χ0v) is 8.01. The second kappa shape index (κ2) is 4.61. The molecule has 1 rings (SSSR count). The van der Waals surface area contributed by atoms with Gasteiger partial charge in [-0.25, -0.2) is 0 Å². The molecule has 0 aromatic heterocycles. The van der Waals surface area contributed by atoms with E-state index in [9.17, 15) is 4.79 Å². The van der Waals surface area contributed by atoms with Crippen LogP contribution >= 0.6 is 0 Å². The summed E-state index contributed by atoms with van der Waals surface area (Å²) in [6.45, 7) is 4.83. The lowest BCUT2D eigenvalue weighted by atomic mass is 9.89. The van der Waals surface area contributed by atoms with Gasteiger partial charge in [-0.05, 0) is 32.6 Å². The molecule has 0 radical (unpaired) electrons. The Kier molecular flexibility index (Phi) is 3.73. The Bertz CT molecular complexity index is 152. The number of ketones is 1. The zero-order chi connectivity index (χ0) is 8.97. The third-order valence-corrected chi connectivity index (χ3v) is 2.25. The lowest BCUT2D eigenvalue weighted by molar-refractivity contribution is -0.122. The Hall–Kier alpha value is -0.370. The Morgan fingerprint density at radius 3 is 2.92 bits per heavy atom. The van der Waals surface area contributed by atoms with Crippen LogP contribution in [0.4, 0.5) is 0 Å². The molecule has 0 aliphatic heterocycles. The van der Waals surface area contributed by atoms with Crippen molar-refractivity contribution >= 4 is 5.78 Å². The Morgan fingerprint density at radius 1 is 1.58 bits per heavy atom. The van der Waals surface area contributed by atoms with Gasteiger partial charge in [-0.3, -0.25) is 4.79 Å². The fraction of sp³-hybridized carbons (Fsp3) is 0.900. The summed E-state index contributed by atoms with van der Waals surface area (Å²) in [6, 6.07) is 0. The van der Waals surface area contributed by atoms with Gasteiger partial charge >= 0.3 is 0 Å². The van der Waals surface area contributed by atoms with Gasteiger partial charge in [-0.2, -0.15) is 0 Å². The summed E-state index contributed by atoms with van der Waals surface area (Å²) < 4.78 is 5.48. The van der Waals surface area contributed by atoms with E-state index in [0.29, 0.717) is 17.8 Å². The molecule has 1 aliphatic carbocycles. The van der Waals surface area contributed by atoms with Gasteiger partial charge in [0.25, 0.3) is 0 Å². The first kappa shape index (κ1) is 9.72. The molecule has 0 N–H and O–H groups in total. The van der Waals surface area contributed by atoms with E-state index in [0.717, 1.165) is 25.9 Å². The first-order valence-electron chi connectivity index (χ1n) is 4.82. The summed E-state index contributed by atoms with van der Waals surface area (Å²) in [4.78, 5) is 11.1. The molecule has 0 aromatic rings. The standard InChI is InChI=1S/C10H18O2/c1-8(2)12-7-9-4-3-5-10(11)6-9/h8-9H,3-7H2,1-2H3. The highest BCUT2D eigenvalue weighted by molar-refractivity contribution is 5.79. The van der Waals surface area contributed by atoms with Crippen molar-refractivity contribution in [1.29, 1.82) is 0 Å². The van der Waals surface area contributed by atoms with Gasteiger partial charge in [-0.1, -0.05) is 0 Å². The van der Waals surface area contributed by atoms with E-state index in [1.807, 2.05) is 13.8 Å². The predicted molar refractivity (Wildman–Crippen MR) is 48.1 cm³/mol. The zero-order valence-electron chi connectivity index (χ0n) is 8.01. The number of carbonyl (C=O) groups is 1. The van der Waals surface area contributed by atoms with Crippen molar-refractivity contribution in [1.82, 2.24) is 0 Å². The van der Waals surface area contributed by atoms with E-state index in [4.69, 9.17) is 4.74 Å². The molecule has 0 spiro atoms. The van der Waals surface area contributed by atoms with Crippen molar-refractivity contribution < 1.29 is 9.53 Å². The first-order valence-corrected chi connectivity index (χ1v) is 4.82. The van der Waals surface area contributed by atoms with Crippen LogP contribution in [0, 0.1) is 5.92 Å². The number of ether oxygens (including phenoxy) is 1. The average Bonchev–Trinajstić information content (AvgIpc) is 2.01. The van der Waals surface area contributed by atoms with E-state index in [1.165, 1.54) is 6.42 Å². The van der Waals surface area contributed by atoms with Crippen molar-refractivity contribution in [2.24, 2.45) is 5.92 Å². The minimum atomic E-state index is 0.294. The fourth-order valence-corrected chi connectivity index (χ4v) is 1.58. The Labute approximate surface area is 74.3 Å². The maximum Gasteiger partial charge on any atom is 0.133 e. The van der Waals surface area contributed by atoms with Crippen LogP contribution in [-0.2, 0) is 9.53 Å². The van der Waals surface area contributed by atoms with Crippen LogP contribution in [0.5, 0.6) is 0 Å². The summed E-state index contributed by atoms with van der Waals surface area (Å²) in [5.41, 5.74) is 0. The normalized spacial score (nSPS) is 24.9. The van der Waals surface area contributed by atoms with Gasteiger partial charge in [0.1, 0.15) is 5.78 Å². The number of rotatable bonds is 3. The van der Waals surface area contributed by atoms with Crippen LogP contribution in [0.25, 0.3) is 0 Å². The number of hydrogen-bond acceptors (Lipinski definition) is 2. The minimum Gasteiger partial charge on any atom is -0.378 e. The number of Topliss-reactive ketones (excluding diaryl/α,β-unsaturated/α-hetero) is 1. The highest BCUT2D eigenvalue weighted by Crippen LogP contribution is 2.21. The molecular formula is C10H18O2. The third kappa shape index (κ3) is 3.35. The Balaban J connectivity index is 2.18. The van der Waals surface area contributed by atoms with Gasteiger partial charge in [0, 0.05) is 12.8 Å². The van der Waals surface area contributed by atoms with Gasteiger partial charge in [0.05, 0.1) is 12.7 Å². The summed E-state index contributed by atoms with van der Waals surface area (Å²) in [5.74, 6) is 0.909. The second-order valence-electron chi connectivity index (χ2n) is 3.88. The van der Waals surface area contributed by atoms with E-state index in [2.05, 4.69) is 0 Å². The van der Waals surface area contributed by atoms with Crippen molar-refractivity contribution in [2.45, 2.75) is 45.6 Å². The van der Waals surface area contributed by atoms with Crippen LogP contribution in [0.2, 0.25) is 0 Å². The molecular weight excluding hydrogens is 152 g/mol. The SMILES string of the molecule is CC(C)OCC1CCCC(=O)C1. The van der Waals surface area contributed by atoms with E-state index in [1.54, 1.807) is 0 Å². The molecule has 0 heterocycles. The molecule has 1 fully saturated rings. The molecule has 12 heavy (non-hydrogen) atoms. The summed E-state index contributed by atoms with van der Waals surface area (Å²) >= 11 is 0. The van der Waals surface area contributed by atoms with Crippen molar-refractivity contribution in [3.63, 3.8) is 0 Å².